The molecule has 0 heterocycles. The summed E-state index contributed by atoms with van der Waals surface area (Å²) in [4.78, 5) is 11.6. The van der Waals surface area contributed by atoms with Gasteiger partial charge in [0.2, 0.25) is 5.91 Å². The van der Waals surface area contributed by atoms with E-state index < -0.39 is 0 Å². The molecule has 3 nitrogen and oxygen atoms in total. The van der Waals surface area contributed by atoms with E-state index in [9.17, 15) is 9.18 Å². The highest BCUT2D eigenvalue weighted by Crippen LogP contribution is 2.14. The van der Waals surface area contributed by atoms with Gasteiger partial charge < -0.3 is 11.1 Å². The zero-order valence-corrected chi connectivity index (χ0v) is 11.2. The largest absolute Gasteiger partial charge is 0.352 e. The highest BCUT2D eigenvalue weighted by Gasteiger charge is 2.08. The number of amides is 1. The predicted molar refractivity (Wildman–Crippen MR) is 70.6 cm³/mol. The van der Waals surface area contributed by atoms with Crippen molar-refractivity contribution >= 4 is 5.91 Å². The van der Waals surface area contributed by atoms with E-state index in [2.05, 4.69) is 5.32 Å². The van der Waals surface area contributed by atoms with Crippen molar-refractivity contribution in [3.8, 4) is 0 Å². The molecule has 18 heavy (non-hydrogen) atoms. The van der Waals surface area contributed by atoms with Gasteiger partial charge >= 0.3 is 0 Å². The lowest BCUT2D eigenvalue weighted by Crippen LogP contribution is -2.30. The number of aryl methyl sites for hydroxylation is 2. The van der Waals surface area contributed by atoms with Gasteiger partial charge in [-0.05, 0) is 37.0 Å². The Balaban J connectivity index is 2.56. The molecule has 0 aliphatic carbocycles. The van der Waals surface area contributed by atoms with Gasteiger partial charge in [0.15, 0.2) is 0 Å². The van der Waals surface area contributed by atoms with Crippen LogP contribution < -0.4 is 11.1 Å². The highest BCUT2D eigenvalue weighted by molar-refractivity contribution is 5.76. The van der Waals surface area contributed by atoms with E-state index in [0.717, 1.165) is 12.0 Å². The molecule has 1 aromatic rings. The summed E-state index contributed by atoms with van der Waals surface area (Å²) in [5, 5.41) is 2.80. The minimum absolute atomic E-state index is 0.0658. The molecule has 100 valence electrons. The van der Waals surface area contributed by atoms with Crippen molar-refractivity contribution < 1.29 is 9.18 Å². The Morgan fingerprint density at radius 3 is 2.44 bits per heavy atom. The first-order valence-corrected chi connectivity index (χ1v) is 6.22. The minimum Gasteiger partial charge on any atom is -0.352 e. The zero-order chi connectivity index (χ0) is 13.7. The summed E-state index contributed by atoms with van der Waals surface area (Å²) in [6.45, 7) is 5.81. The summed E-state index contributed by atoms with van der Waals surface area (Å²) >= 11 is 0. The van der Waals surface area contributed by atoms with Gasteiger partial charge in [0.25, 0.3) is 0 Å². The van der Waals surface area contributed by atoms with Crippen LogP contribution in [0.15, 0.2) is 12.1 Å². The molecule has 0 saturated heterocycles. The maximum atomic E-state index is 13.4. The summed E-state index contributed by atoms with van der Waals surface area (Å²) in [6.07, 6.45) is 1.11. The van der Waals surface area contributed by atoms with E-state index in [4.69, 9.17) is 5.73 Å². The Bertz CT molecular complexity index is 409. The van der Waals surface area contributed by atoms with Gasteiger partial charge in [-0.15, -0.1) is 0 Å². The molecule has 0 spiro atoms. The van der Waals surface area contributed by atoms with Gasteiger partial charge in [-0.2, -0.15) is 0 Å². The van der Waals surface area contributed by atoms with Crippen LogP contribution in [-0.2, 0) is 11.3 Å². The van der Waals surface area contributed by atoms with Crippen molar-refractivity contribution in [3.63, 3.8) is 0 Å². The molecule has 1 unspecified atom stereocenters. The third-order valence-corrected chi connectivity index (χ3v) is 2.96. The molecule has 1 aromatic carbocycles. The number of rotatable bonds is 5. The molecule has 0 aliphatic rings. The molecule has 0 fully saturated rings. The summed E-state index contributed by atoms with van der Waals surface area (Å²) in [6, 6.07) is 3.41. The first-order valence-electron chi connectivity index (χ1n) is 6.22. The Labute approximate surface area is 108 Å². The van der Waals surface area contributed by atoms with Crippen molar-refractivity contribution in [2.24, 2.45) is 5.73 Å². The lowest BCUT2D eigenvalue weighted by Gasteiger charge is -2.11. The molecule has 3 N–H and O–H groups in total. The molecule has 1 atom stereocenters. The molecule has 0 bridgehead atoms. The number of carbonyl (C=O) groups excluding carboxylic acids is 1. The fourth-order valence-corrected chi connectivity index (χ4v) is 1.79. The number of hydrogen-bond donors (Lipinski definition) is 2. The first-order chi connectivity index (χ1) is 8.43. The Hall–Kier alpha value is -1.42. The summed E-state index contributed by atoms with van der Waals surface area (Å²) in [7, 11) is 0. The van der Waals surface area contributed by atoms with E-state index in [-0.39, 0.29) is 17.8 Å². The van der Waals surface area contributed by atoms with Crippen LogP contribution in [0.1, 0.15) is 36.5 Å². The fourth-order valence-electron chi connectivity index (χ4n) is 1.79. The van der Waals surface area contributed by atoms with E-state index >= 15 is 0 Å². The maximum Gasteiger partial charge on any atom is 0.221 e. The second kappa shape index (κ2) is 6.50. The summed E-state index contributed by atoms with van der Waals surface area (Å²) in [5.74, 6) is -0.248. The number of halogens is 1. The van der Waals surface area contributed by atoms with Crippen LogP contribution in [0.3, 0.4) is 0 Å². The van der Waals surface area contributed by atoms with Crippen molar-refractivity contribution in [3.05, 3.63) is 34.6 Å². The first kappa shape index (κ1) is 14.6. The van der Waals surface area contributed by atoms with Crippen LogP contribution in [0.25, 0.3) is 0 Å². The molecule has 0 aromatic heterocycles. The molecule has 1 amide bonds. The zero-order valence-electron chi connectivity index (χ0n) is 11.2. The van der Waals surface area contributed by atoms with Crippen molar-refractivity contribution in [2.75, 3.05) is 0 Å². The normalized spacial score (nSPS) is 12.3. The van der Waals surface area contributed by atoms with Gasteiger partial charge in [0.05, 0.1) is 0 Å². The van der Waals surface area contributed by atoms with Crippen LogP contribution in [0, 0.1) is 19.7 Å². The second-order valence-electron chi connectivity index (χ2n) is 4.69. The van der Waals surface area contributed by atoms with Gasteiger partial charge in [-0.3, -0.25) is 4.79 Å². The maximum absolute atomic E-state index is 13.4. The molecule has 0 aliphatic heterocycles. The van der Waals surface area contributed by atoms with Gasteiger partial charge in [-0.25, -0.2) is 4.39 Å². The van der Waals surface area contributed by atoms with Crippen LogP contribution in [0.4, 0.5) is 4.39 Å². The third kappa shape index (κ3) is 4.11. The van der Waals surface area contributed by atoms with Gasteiger partial charge in [0.1, 0.15) is 5.82 Å². The molecule has 0 saturated carbocycles. The van der Waals surface area contributed by atoms with E-state index in [1.165, 1.54) is 0 Å². The number of nitrogens with two attached hydrogens (primary N) is 1. The molecule has 1 rings (SSSR count). The second-order valence-corrected chi connectivity index (χ2v) is 4.69. The third-order valence-electron chi connectivity index (χ3n) is 2.96. The van der Waals surface area contributed by atoms with Crippen molar-refractivity contribution in [1.29, 1.82) is 0 Å². The van der Waals surface area contributed by atoms with E-state index in [0.29, 0.717) is 24.1 Å². The fraction of sp³-hybridized carbons (Fsp3) is 0.500. The smallest absolute Gasteiger partial charge is 0.221 e. The number of benzene rings is 1. The van der Waals surface area contributed by atoms with E-state index in [1.54, 1.807) is 26.0 Å². The van der Waals surface area contributed by atoms with Gasteiger partial charge in [-0.1, -0.05) is 19.1 Å². The quantitative estimate of drug-likeness (QED) is 0.844. The average molecular weight is 252 g/mol. The number of nitrogens with one attached hydrogen (secondary N) is 1. The molecule has 0 radical (unpaired) electrons. The SMILES string of the molecule is CCC(N)CC(=O)NCc1cc(C)c(F)c(C)c1. The summed E-state index contributed by atoms with van der Waals surface area (Å²) < 4.78 is 13.4. The van der Waals surface area contributed by atoms with Crippen LogP contribution in [-0.4, -0.2) is 11.9 Å². The molecule has 4 heteroatoms. The molecular formula is C14H21FN2O. The number of hydrogen-bond acceptors (Lipinski definition) is 2. The van der Waals surface area contributed by atoms with Crippen LogP contribution >= 0.6 is 0 Å². The van der Waals surface area contributed by atoms with Crippen LogP contribution in [0.5, 0.6) is 0 Å². The van der Waals surface area contributed by atoms with Crippen molar-refractivity contribution in [1.82, 2.24) is 5.32 Å². The Kier molecular flexibility index (Phi) is 5.28. The Morgan fingerprint density at radius 2 is 1.94 bits per heavy atom. The average Bonchev–Trinajstić information content (AvgIpc) is 2.33. The number of carbonyl (C=O) groups is 1. The Morgan fingerprint density at radius 1 is 1.39 bits per heavy atom. The highest BCUT2D eigenvalue weighted by atomic mass is 19.1. The monoisotopic (exact) mass is 252 g/mol. The lowest BCUT2D eigenvalue weighted by atomic mass is 10.1. The summed E-state index contributed by atoms with van der Waals surface area (Å²) in [5.41, 5.74) is 7.81. The van der Waals surface area contributed by atoms with E-state index in [1.807, 2.05) is 6.92 Å². The molecular weight excluding hydrogens is 231 g/mol. The topological polar surface area (TPSA) is 55.1 Å². The minimum atomic E-state index is -0.182. The standard InChI is InChI=1S/C14H21FN2O/c1-4-12(16)7-13(18)17-8-11-5-9(2)14(15)10(3)6-11/h5-6,12H,4,7-8,16H2,1-3H3,(H,17,18). The predicted octanol–water partition coefficient (Wildman–Crippen LogP) is 2.19. The lowest BCUT2D eigenvalue weighted by molar-refractivity contribution is -0.121. The van der Waals surface area contributed by atoms with Gasteiger partial charge in [0, 0.05) is 19.0 Å². The van der Waals surface area contributed by atoms with Crippen LogP contribution in [0.2, 0.25) is 0 Å². The van der Waals surface area contributed by atoms with Crippen molar-refractivity contribution in [2.45, 2.75) is 46.2 Å².